The maximum absolute atomic E-state index is 14.5. The number of rotatable bonds is 19. The largest absolute Gasteiger partial charge is 0.456 e. The van der Waals surface area contributed by atoms with Crippen molar-refractivity contribution in [3.63, 3.8) is 0 Å². The molecule has 0 aliphatic carbocycles. The van der Waals surface area contributed by atoms with Crippen molar-refractivity contribution in [2.75, 3.05) is 61.5 Å². The Morgan fingerprint density at radius 3 is 1.73 bits per heavy atom. The van der Waals surface area contributed by atoms with Crippen molar-refractivity contribution in [3.8, 4) is 11.5 Å². The molecule has 3 heterocycles. The number of hydrazine groups is 1. The SMILES string of the molecule is CCN(CC)c1ccc2c(c1)Oc1cc(N(CC)CC)ccc1C21c2ccccc2C(=O)N1NC(=O)CCCCCCCCCCN1C(=O)c2cccc3c(N(C)C)ccc(c23)C1=O. The average Bonchev–Trinajstić information content (AvgIpc) is 3.54. The summed E-state index contributed by atoms with van der Waals surface area (Å²) in [6.45, 7) is 12.3. The van der Waals surface area contributed by atoms with Gasteiger partial charge < -0.3 is 19.4 Å². The topological polar surface area (TPSA) is 106 Å². The van der Waals surface area contributed by atoms with Crippen LogP contribution in [0.5, 0.6) is 11.5 Å². The molecule has 334 valence electrons. The van der Waals surface area contributed by atoms with Gasteiger partial charge in [-0.15, -0.1) is 0 Å². The quantitative estimate of drug-likeness (QED) is 0.0646. The number of benzene rings is 5. The minimum atomic E-state index is -1.14. The zero-order valence-electron chi connectivity index (χ0n) is 38.3. The first-order valence-electron chi connectivity index (χ1n) is 23.4. The average molecular weight is 863 g/mol. The summed E-state index contributed by atoms with van der Waals surface area (Å²) in [5.41, 5.74) is 9.20. The molecule has 0 saturated heterocycles. The normalized spacial score (nSPS) is 14.4. The third-order valence-corrected chi connectivity index (χ3v) is 13.5. The summed E-state index contributed by atoms with van der Waals surface area (Å²) in [5, 5.41) is 3.24. The maximum Gasteiger partial charge on any atom is 0.274 e. The molecule has 0 saturated carbocycles. The number of amides is 4. The number of imide groups is 1. The van der Waals surface area contributed by atoms with Crippen molar-refractivity contribution >= 4 is 51.5 Å². The predicted molar refractivity (Wildman–Crippen MR) is 256 cm³/mol. The maximum atomic E-state index is 14.5. The van der Waals surface area contributed by atoms with E-state index >= 15 is 0 Å². The van der Waals surface area contributed by atoms with Gasteiger partial charge >= 0.3 is 0 Å². The molecule has 0 unspecified atom stereocenters. The Balaban J connectivity index is 0.887. The minimum Gasteiger partial charge on any atom is -0.456 e. The fourth-order valence-corrected chi connectivity index (χ4v) is 10.2. The van der Waals surface area contributed by atoms with Gasteiger partial charge in [0.05, 0.1) is 0 Å². The molecule has 0 radical (unpaired) electrons. The molecular formula is C53H62N6O5. The van der Waals surface area contributed by atoms with E-state index in [1.165, 1.54) is 4.90 Å². The van der Waals surface area contributed by atoms with Crippen LogP contribution in [0.25, 0.3) is 10.8 Å². The molecule has 8 rings (SSSR count). The lowest BCUT2D eigenvalue weighted by molar-refractivity contribution is -0.126. The molecule has 5 aromatic carbocycles. The summed E-state index contributed by atoms with van der Waals surface area (Å²) < 4.78 is 6.79. The Hall–Kier alpha value is -6.36. The highest BCUT2D eigenvalue weighted by Gasteiger charge is 2.57. The van der Waals surface area contributed by atoms with Crippen LogP contribution in [-0.2, 0) is 10.3 Å². The van der Waals surface area contributed by atoms with Crippen LogP contribution >= 0.6 is 0 Å². The summed E-state index contributed by atoms with van der Waals surface area (Å²) in [4.78, 5) is 63.4. The highest BCUT2D eigenvalue weighted by Crippen LogP contribution is 2.58. The van der Waals surface area contributed by atoms with Crippen molar-refractivity contribution in [2.45, 2.75) is 91.0 Å². The first-order chi connectivity index (χ1) is 31.1. The third kappa shape index (κ3) is 7.73. The Labute approximate surface area is 377 Å². The molecule has 11 heteroatoms. The van der Waals surface area contributed by atoms with Crippen molar-refractivity contribution in [1.29, 1.82) is 0 Å². The summed E-state index contributed by atoms with van der Waals surface area (Å²) in [6.07, 6.45) is 7.65. The Kier molecular flexibility index (Phi) is 13.0. The molecule has 3 aliphatic rings. The highest BCUT2D eigenvalue weighted by molar-refractivity contribution is 6.26. The molecule has 3 aliphatic heterocycles. The van der Waals surface area contributed by atoms with E-state index in [0.29, 0.717) is 47.6 Å². The van der Waals surface area contributed by atoms with Crippen molar-refractivity contribution in [1.82, 2.24) is 15.3 Å². The van der Waals surface area contributed by atoms with Crippen molar-refractivity contribution < 1.29 is 23.9 Å². The van der Waals surface area contributed by atoms with Crippen LogP contribution in [0.2, 0.25) is 0 Å². The smallest absolute Gasteiger partial charge is 0.274 e. The van der Waals surface area contributed by atoms with E-state index in [1.807, 2.05) is 73.6 Å². The molecule has 1 spiro atoms. The van der Waals surface area contributed by atoms with Crippen LogP contribution < -0.4 is 24.9 Å². The van der Waals surface area contributed by atoms with Crippen LogP contribution in [0.15, 0.2) is 91.0 Å². The Bertz CT molecular complexity index is 2490. The Morgan fingerprint density at radius 1 is 0.594 bits per heavy atom. The zero-order valence-corrected chi connectivity index (χ0v) is 38.3. The minimum absolute atomic E-state index is 0.201. The molecule has 0 bridgehead atoms. The second-order valence-corrected chi connectivity index (χ2v) is 17.3. The third-order valence-electron chi connectivity index (χ3n) is 13.5. The van der Waals surface area contributed by atoms with Crippen LogP contribution in [0.3, 0.4) is 0 Å². The lowest BCUT2D eigenvalue weighted by Gasteiger charge is -2.44. The van der Waals surface area contributed by atoms with Gasteiger partial charge in [-0.1, -0.05) is 81.0 Å². The predicted octanol–water partition coefficient (Wildman–Crippen LogP) is 10.3. The number of unbranched alkanes of at least 4 members (excludes halogenated alkanes) is 7. The summed E-state index contributed by atoms with van der Waals surface area (Å²) in [6, 6.07) is 29.6. The Morgan fingerprint density at radius 2 is 1.14 bits per heavy atom. The summed E-state index contributed by atoms with van der Waals surface area (Å²) >= 11 is 0. The van der Waals surface area contributed by atoms with Gasteiger partial charge in [0.1, 0.15) is 17.0 Å². The second kappa shape index (κ2) is 18.8. The van der Waals surface area contributed by atoms with Crippen LogP contribution in [-0.4, -0.2) is 80.4 Å². The van der Waals surface area contributed by atoms with Gasteiger partial charge in [0.2, 0.25) is 5.91 Å². The van der Waals surface area contributed by atoms with Gasteiger partial charge in [0, 0.05) is 127 Å². The van der Waals surface area contributed by atoms with E-state index in [0.717, 1.165) is 116 Å². The molecular weight excluding hydrogens is 801 g/mol. The number of hydrogen-bond donors (Lipinski definition) is 1. The van der Waals surface area contributed by atoms with Gasteiger partial charge in [0.25, 0.3) is 17.7 Å². The van der Waals surface area contributed by atoms with Gasteiger partial charge in [-0.3, -0.25) is 29.5 Å². The highest BCUT2D eigenvalue weighted by atomic mass is 16.5. The van der Waals surface area contributed by atoms with E-state index in [-0.39, 0.29) is 23.6 Å². The summed E-state index contributed by atoms with van der Waals surface area (Å²) in [7, 11) is 3.93. The van der Waals surface area contributed by atoms with Gasteiger partial charge in [0.15, 0.2) is 0 Å². The van der Waals surface area contributed by atoms with Gasteiger partial charge in [-0.05, 0) is 76.9 Å². The molecule has 0 aromatic heterocycles. The number of nitrogens with one attached hydrogen (secondary N) is 1. The van der Waals surface area contributed by atoms with E-state index in [4.69, 9.17) is 4.74 Å². The number of fused-ring (bicyclic) bond motifs is 6. The number of nitrogens with zero attached hydrogens (tertiary/aromatic N) is 5. The first kappa shape index (κ1) is 44.3. The number of ether oxygens (including phenoxy) is 1. The monoisotopic (exact) mass is 862 g/mol. The van der Waals surface area contributed by atoms with E-state index in [1.54, 1.807) is 5.01 Å². The zero-order chi connectivity index (χ0) is 45.1. The number of carbonyl (C=O) groups excluding carboxylic acids is 4. The van der Waals surface area contributed by atoms with E-state index in [2.05, 4.69) is 79.3 Å². The fraction of sp³-hybridized carbons (Fsp3) is 0.396. The summed E-state index contributed by atoms with van der Waals surface area (Å²) in [5.74, 6) is 0.439. The molecule has 64 heavy (non-hydrogen) atoms. The van der Waals surface area contributed by atoms with Gasteiger partial charge in [-0.2, -0.15) is 0 Å². The molecule has 0 atom stereocenters. The molecule has 4 amide bonds. The number of carbonyl (C=O) groups is 4. The van der Waals surface area contributed by atoms with Gasteiger partial charge in [-0.25, -0.2) is 5.01 Å². The number of hydrogen-bond acceptors (Lipinski definition) is 8. The standard InChI is InChI=1S/C53H62N6O5/c1-7-56(8-2)36-27-30-43-46(34-36)64-47-35-37(57(9-3)10-4)28-31-44(47)53(43)42-25-19-18-22-38(42)52(63)59(53)54-48(60)26-17-15-13-11-12-14-16-20-33-58-50(61)40-24-21-23-39-45(55(5)6)32-29-41(49(39)40)51(58)62/h18-19,21-25,27-32,34-35H,7-17,20,26,33H2,1-6H3,(H,54,60). The van der Waals surface area contributed by atoms with Crippen LogP contribution in [0.4, 0.5) is 17.1 Å². The van der Waals surface area contributed by atoms with Crippen molar-refractivity contribution in [2.24, 2.45) is 0 Å². The van der Waals surface area contributed by atoms with Crippen molar-refractivity contribution in [3.05, 3.63) is 124 Å². The lowest BCUT2D eigenvalue weighted by Crippen LogP contribution is -2.56. The van der Waals surface area contributed by atoms with Crippen LogP contribution in [0, 0.1) is 0 Å². The molecule has 0 fully saturated rings. The molecule has 5 aromatic rings. The van der Waals surface area contributed by atoms with E-state index < -0.39 is 5.54 Å². The lowest BCUT2D eigenvalue weighted by atomic mass is 9.75. The number of anilines is 3. The van der Waals surface area contributed by atoms with E-state index in [9.17, 15) is 19.2 Å². The van der Waals surface area contributed by atoms with Crippen LogP contribution in [0.1, 0.15) is 133 Å². The molecule has 11 nitrogen and oxygen atoms in total. The second-order valence-electron chi connectivity index (χ2n) is 17.3. The first-order valence-corrected chi connectivity index (χ1v) is 23.4. The molecule has 1 N–H and O–H groups in total. The fourth-order valence-electron chi connectivity index (χ4n) is 10.2.